The molecule has 0 aliphatic carbocycles. The first-order valence-corrected chi connectivity index (χ1v) is 6.02. The van der Waals surface area contributed by atoms with Crippen LogP contribution in [-0.4, -0.2) is 5.78 Å². The molecule has 0 N–H and O–H groups in total. The van der Waals surface area contributed by atoms with Crippen molar-refractivity contribution in [1.82, 2.24) is 0 Å². The summed E-state index contributed by atoms with van der Waals surface area (Å²) in [5, 5.41) is 0. The van der Waals surface area contributed by atoms with Crippen LogP contribution in [-0.2, 0) is 0 Å². The van der Waals surface area contributed by atoms with E-state index in [0.717, 1.165) is 16.7 Å². The zero-order valence-electron chi connectivity index (χ0n) is 10.7. The van der Waals surface area contributed by atoms with E-state index in [1.54, 1.807) is 6.08 Å². The predicted octanol–water partition coefficient (Wildman–Crippen LogP) is 4.20. The molecule has 0 heterocycles. The summed E-state index contributed by atoms with van der Waals surface area (Å²) < 4.78 is 0. The number of carbonyl (C=O) groups excluding carboxylic acids is 1. The molecule has 1 heteroatoms. The molecule has 0 saturated heterocycles. The molecule has 2 rings (SSSR count). The number of rotatable bonds is 3. The fourth-order valence-electron chi connectivity index (χ4n) is 1.88. The van der Waals surface area contributed by atoms with Gasteiger partial charge in [0.15, 0.2) is 5.78 Å². The number of aryl methyl sites for hydroxylation is 2. The Morgan fingerprint density at radius 3 is 2.17 bits per heavy atom. The van der Waals surface area contributed by atoms with Crippen molar-refractivity contribution in [2.24, 2.45) is 0 Å². The molecule has 0 aliphatic rings. The second-order valence-electron chi connectivity index (χ2n) is 4.37. The van der Waals surface area contributed by atoms with Crippen LogP contribution in [0.25, 0.3) is 6.08 Å². The van der Waals surface area contributed by atoms with E-state index in [9.17, 15) is 4.79 Å². The van der Waals surface area contributed by atoms with Crippen molar-refractivity contribution in [2.75, 3.05) is 0 Å². The fraction of sp³-hybridized carbons (Fsp3) is 0.118. The SMILES string of the molecule is Cc1ccccc1C=CC(=O)c1ccccc1C. The third-order valence-corrected chi connectivity index (χ3v) is 3.01. The highest BCUT2D eigenvalue weighted by atomic mass is 16.1. The van der Waals surface area contributed by atoms with Gasteiger partial charge in [0.25, 0.3) is 0 Å². The fourth-order valence-corrected chi connectivity index (χ4v) is 1.88. The number of ketones is 1. The standard InChI is InChI=1S/C17H16O/c1-13-7-3-5-9-15(13)11-12-17(18)16-10-6-4-8-14(16)2/h3-12H,1-2H3. The molecule has 0 saturated carbocycles. The lowest BCUT2D eigenvalue weighted by molar-refractivity contribution is 0.104. The Morgan fingerprint density at radius 1 is 0.889 bits per heavy atom. The number of hydrogen-bond acceptors (Lipinski definition) is 1. The molecule has 0 atom stereocenters. The molecule has 0 unspecified atom stereocenters. The summed E-state index contributed by atoms with van der Waals surface area (Å²) in [6.07, 6.45) is 3.52. The minimum atomic E-state index is 0.0522. The van der Waals surface area contributed by atoms with Crippen molar-refractivity contribution in [3.63, 3.8) is 0 Å². The summed E-state index contributed by atoms with van der Waals surface area (Å²) in [4.78, 5) is 12.1. The molecule has 2 aromatic carbocycles. The van der Waals surface area contributed by atoms with Crippen LogP contribution in [0.3, 0.4) is 0 Å². The average molecular weight is 236 g/mol. The number of allylic oxidation sites excluding steroid dienone is 1. The highest BCUT2D eigenvalue weighted by Gasteiger charge is 2.04. The van der Waals surface area contributed by atoms with Crippen molar-refractivity contribution in [2.45, 2.75) is 13.8 Å². The van der Waals surface area contributed by atoms with Crippen LogP contribution in [0.15, 0.2) is 54.6 Å². The highest BCUT2D eigenvalue weighted by molar-refractivity contribution is 6.07. The van der Waals surface area contributed by atoms with Gasteiger partial charge in [-0.15, -0.1) is 0 Å². The molecule has 1 nitrogen and oxygen atoms in total. The number of hydrogen-bond donors (Lipinski definition) is 0. The van der Waals surface area contributed by atoms with Crippen molar-refractivity contribution >= 4 is 11.9 Å². The summed E-state index contributed by atoms with van der Waals surface area (Å²) in [5.41, 5.74) is 4.03. The van der Waals surface area contributed by atoms with Gasteiger partial charge in [0.2, 0.25) is 0 Å². The van der Waals surface area contributed by atoms with E-state index in [0.29, 0.717) is 0 Å². The van der Waals surface area contributed by atoms with Crippen molar-refractivity contribution in [1.29, 1.82) is 0 Å². The Bertz CT molecular complexity index is 594. The third kappa shape index (κ3) is 2.75. The minimum Gasteiger partial charge on any atom is -0.289 e. The maximum absolute atomic E-state index is 12.1. The first-order chi connectivity index (χ1) is 8.68. The molecular formula is C17H16O. The van der Waals surface area contributed by atoms with Gasteiger partial charge in [-0.1, -0.05) is 54.6 Å². The van der Waals surface area contributed by atoms with Crippen LogP contribution < -0.4 is 0 Å². The molecule has 90 valence electrons. The first kappa shape index (κ1) is 12.3. The maximum Gasteiger partial charge on any atom is 0.186 e. The summed E-state index contributed by atoms with van der Waals surface area (Å²) in [6.45, 7) is 3.99. The van der Waals surface area contributed by atoms with Gasteiger partial charge in [-0.3, -0.25) is 4.79 Å². The predicted molar refractivity (Wildman–Crippen MR) is 75.7 cm³/mol. The normalized spacial score (nSPS) is 10.8. The lowest BCUT2D eigenvalue weighted by Crippen LogP contribution is -1.97. The van der Waals surface area contributed by atoms with E-state index in [-0.39, 0.29) is 5.78 Å². The van der Waals surface area contributed by atoms with Gasteiger partial charge in [0, 0.05) is 5.56 Å². The Balaban J connectivity index is 2.23. The Hall–Kier alpha value is -2.15. The Kier molecular flexibility index (Phi) is 3.73. The van der Waals surface area contributed by atoms with Crippen LogP contribution in [0.5, 0.6) is 0 Å². The molecule has 0 aliphatic heterocycles. The van der Waals surface area contributed by atoms with Gasteiger partial charge >= 0.3 is 0 Å². The Morgan fingerprint density at radius 2 is 1.50 bits per heavy atom. The largest absolute Gasteiger partial charge is 0.289 e. The molecule has 0 fully saturated rings. The molecule has 0 amide bonds. The summed E-state index contributed by atoms with van der Waals surface area (Å²) in [5.74, 6) is 0.0522. The third-order valence-electron chi connectivity index (χ3n) is 3.01. The highest BCUT2D eigenvalue weighted by Crippen LogP contribution is 2.12. The second-order valence-corrected chi connectivity index (χ2v) is 4.37. The summed E-state index contributed by atoms with van der Waals surface area (Å²) >= 11 is 0. The molecular weight excluding hydrogens is 220 g/mol. The number of benzene rings is 2. The quantitative estimate of drug-likeness (QED) is 0.576. The van der Waals surface area contributed by atoms with Crippen LogP contribution >= 0.6 is 0 Å². The smallest absolute Gasteiger partial charge is 0.186 e. The van der Waals surface area contributed by atoms with Gasteiger partial charge < -0.3 is 0 Å². The molecule has 18 heavy (non-hydrogen) atoms. The van der Waals surface area contributed by atoms with Gasteiger partial charge in [-0.25, -0.2) is 0 Å². The van der Waals surface area contributed by atoms with Crippen molar-refractivity contribution in [3.8, 4) is 0 Å². The van der Waals surface area contributed by atoms with E-state index in [1.807, 2.05) is 68.5 Å². The molecule has 0 spiro atoms. The van der Waals surface area contributed by atoms with Crippen LogP contribution in [0.2, 0.25) is 0 Å². The van der Waals surface area contributed by atoms with Crippen LogP contribution in [0, 0.1) is 13.8 Å². The topological polar surface area (TPSA) is 17.1 Å². The van der Waals surface area contributed by atoms with Gasteiger partial charge in [-0.2, -0.15) is 0 Å². The minimum absolute atomic E-state index is 0.0522. The maximum atomic E-state index is 12.1. The van der Waals surface area contributed by atoms with Gasteiger partial charge in [-0.05, 0) is 36.6 Å². The summed E-state index contributed by atoms with van der Waals surface area (Å²) in [6, 6.07) is 15.7. The van der Waals surface area contributed by atoms with Crippen molar-refractivity contribution < 1.29 is 4.79 Å². The molecule has 0 radical (unpaired) electrons. The van der Waals surface area contributed by atoms with E-state index in [4.69, 9.17) is 0 Å². The summed E-state index contributed by atoms with van der Waals surface area (Å²) in [7, 11) is 0. The zero-order chi connectivity index (χ0) is 13.0. The second kappa shape index (κ2) is 5.46. The van der Waals surface area contributed by atoms with Crippen molar-refractivity contribution in [3.05, 3.63) is 76.9 Å². The molecule has 2 aromatic rings. The lowest BCUT2D eigenvalue weighted by Gasteiger charge is -2.01. The van der Waals surface area contributed by atoms with E-state index < -0.39 is 0 Å². The zero-order valence-corrected chi connectivity index (χ0v) is 10.7. The molecule has 0 aromatic heterocycles. The lowest BCUT2D eigenvalue weighted by atomic mass is 10.0. The Labute approximate surface area is 108 Å². The van der Waals surface area contributed by atoms with E-state index >= 15 is 0 Å². The monoisotopic (exact) mass is 236 g/mol. The van der Waals surface area contributed by atoms with E-state index in [2.05, 4.69) is 0 Å². The first-order valence-electron chi connectivity index (χ1n) is 6.02. The van der Waals surface area contributed by atoms with Gasteiger partial charge in [0.05, 0.1) is 0 Å². The van der Waals surface area contributed by atoms with Crippen LogP contribution in [0.1, 0.15) is 27.0 Å². The number of carbonyl (C=O) groups is 1. The average Bonchev–Trinajstić information content (AvgIpc) is 2.38. The van der Waals surface area contributed by atoms with Gasteiger partial charge in [0.1, 0.15) is 0 Å². The molecule has 0 bridgehead atoms. The van der Waals surface area contributed by atoms with E-state index in [1.165, 1.54) is 5.56 Å². The van der Waals surface area contributed by atoms with Crippen LogP contribution in [0.4, 0.5) is 0 Å².